The fourth-order valence-electron chi connectivity index (χ4n) is 3.31. The van der Waals surface area contributed by atoms with Crippen LogP contribution in [0.2, 0.25) is 0 Å². The van der Waals surface area contributed by atoms with Gasteiger partial charge in [-0.2, -0.15) is 0 Å². The van der Waals surface area contributed by atoms with E-state index >= 15 is 0 Å². The van der Waals surface area contributed by atoms with Crippen molar-refractivity contribution in [3.63, 3.8) is 0 Å². The first-order chi connectivity index (χ1) is 12.4. The van der Waals surface area contributed by atoms with Gasteiger partial charge in [0.15, 0.2) is 0 Å². The number of carbonyl (C=O) groups excluding carboxylic acids is 1. The van der Waals surface area contributed by atoms with E-state index in [4.69, 9.17) is 5.11 Å². The van der Waals surface area contributed by atoms with Crippen LogP contribution in [0, 0.1) is 11.8 Å². The van der Waals surface area contributed by atoms with E-state index in [9.17, 15) is 24.2 Å². The first-order valence-corrected chi connectivity index (χ1v) is 9.51. The Bertz CT molecular complexity index is 514. The zero-order valence-corrected chi connectivity index (χ0v) is 15.4. The van der Waals surface area contributed by atoms with Crippen LogP contribution in [-0.4, -0.2) is 39.3 Å². The minimum atomic E-state index is -1.35. The van der Waals surface area contributed by atoms with E-state index in [1.54, 1.807) is 6.08 Å². The molecule has 0 aliphatic heterocycles. The van der Waals surface area contributed by atoms with Crippen LogP contribution in [0.4, 0.5) is 4.39 Å². The summed E-state index contributed by atoms with van der Waals surface area (Å²) in [6.07, 6.45) is 7.29. The van der Waals surface area contributed by atoms with Gasteiger partial charge in [-0.25, -0.2) is 4.39 Å². The quantitative estimate of drug-likeness (QED) is 0.361. The van der Waals surface area contributed by atoms with E-state index in [2.05, 4.69) is 0 Å². The standard InChI is InChI=1S/C20H31FO5/c1-2-3-9-16(21)17(22)12-11-15-14(18(23)13-19(15)24)8-6-4-5-7-10-20(25)26/h9,11-12,14-15,17,19,22,24H,2-8,10,13H2,1H3,(H,25,26)/b12-11+,16-9-/t14-,15-,17-,19-/m1/s1. The Morgan fingerprint density at radius 2 is 2.00 bits per heavy atom. The van der Waals surface area contributed by atoms with Crippen molar-refractivity contribution < 1.29 is 29.3 Å². The van der Waals surface area contributed by atoms with Gasteiger partial charge < -0.3 is 15.3 Å². The molecule has 0 spiro atoms. The molecule has 6 heteroatoms. The average Bonchev–Trinajstić information content (AvgIpc) is 2.86. The van der Waals surface area contributed by atoms with Crippen molar-refractivity contribution in [2.45, 2.75) is 76.9 Å². The number of Topliss-reactive ketones (excluding diaryl/α,β-unsaturated/α-hetero) is 1. The molecule has 4 atom stereocenters. The summed E-state index contributed by atoms with van der Waals surface area (Å²) in [4.78, 5) is 22.6. The predicted octanol–water partition coefficient (Wildman–Crippen LogP) is 3.55. The third-order valence-corrected chi connectivity index (χ3v) is 4.81. The van der Waals surface area contributed by atoms with E-state index in [-0.39, 0.29) is 24.5 Å². The molecule has 0 unspecified atom stereocenters. The van der Waals surface area contributed by atoms with Gasteiger partial charge in [-0.3, -0.25) is 9.59 Å². The summed E-state index contributed by atoms with van der Waals surface area (Å²) in [7, 11) is 0. The lowest BCUT2D eigenvalue weighted by atomic mass is 9.88. The Balaban J connectivity index is 2.52. The highest BCUT2D eigenvalue weighted by Gasteiger charge is 2.39. The van der Waals surface area contributed by atoms with Crippen LogP contribution in [-0.2, 0) is 9.59 Å². The Hall–Kier alpha value is -1.53. The highest BCUT2D eigenvalue weighted by Crippen LogP contribution is 2.34. The van der Waals surface area contributed by atoms with Gasteiger partial charge >= 0.3 is 5.97 Å². The number of hydrogen-bond acceptors (Lipinski definition) is 4. The molecule has 0 aromatic rings. The van der Waals surface area contributed by atoms with Crippen molar-refractivity contribution in [2.75, 3.05) is 0 Å². The maximum Gasteiger partial charge on any atom is 0.303 e. The summed E-state index contributed by atoms with van der Waals surface area (Å²) in [5.74, 6) is -2.15. The van der Waals surface area contributed by atoms with Crippen LogP contribution >= 0.6 is 0 Å². The lowest BCUT2D eigenvalue weighted by Gasteiger charge is -2.18. The summed E-state index contributed by atoms with van der Waals surface area (Å²) < 4.78 is 13.7. The number of halogens is 1. The molecule has 0 radical (unpaired) electrons. The van der Waals surface area contributed by atoms with Crippen LogP contribution in [0.3, 0.4) is 0 Å². The highest BCUT2D eigenvalue weighted by molar-refractivity contribution is 5.84. The van der Waals surface area contributed by atoms with Gasteiger partial charge in [0.05, 0.1) is 6.10 Å². The van der Waals surface area contributed by atoms with E-state index in [0.717, 1.165) is 25.7 Å². The lowest BCUT2D eigenvalue weighted by molar-refractivity contribution is -0.137. The van der Waals surface area contributed by atoms with Crippen molar-refractivity contribution in [3.8, 4) is 0 Å². The molecule has 1 saturated carbocycles. The smallest absolute Gasteiger partial charge is 0.303 e. The van der Waals surface area contributed by atoms with Gasteiger partial charge in [-0.05, 0) is 25.3 Å². The van der Waals surface area contributed by atoms with Crippen molar-refractivity contribution in [1.29, 1.82) is 0 Å². The topological polar surface area (TPSA) is 94.8 Å². The number of carboxylic acids is 1. The second-order valence-corrected chi connectivity index (χ2v) is 6.98. The molecular weight excluding hydrogens is 339 g/mol. The summed E-state index contributed by atoms with van der Waals surface area (Å²) in [5.41, 5.74) is 0. The second-order valence-electron chi connectivity index (χ2n) is 6.98. The van der Waals surface area contributed by atoms with Crippen LogP contribution in [0.15, 0.2) is 24.1 Å². The lowest BCUT2D eigenvalue weighted by Crippen LogP contribution is -2.19. The van der Waals surface area contributed by atoms with Gasteiger partial charge in [0.25, 0.3) is 0 Å². The molecule has 0 bridgehead atoms. The molecule has 26 heavy (non-hydrogen) atoms. The summed E-state index contributed by atoms with van der Waals surface area (Å²) in [6.45, 7) is 1.92. The molecule has 0 amide bonds. The van der Waals surface area contributed by atoms with Crippen LogP contribution < -0.4 is 0 Å². The molecule has 1 aliphatic rings. The maximum atomic E-state index is 13.7. The molecule has 3 N–H and O–H groups in total. The molecule has 1 rings (SSSR count). The molecule has 1 fully saturated rings. The van der Waals surface area contributed by atoms with Crippen molar-refractivity contribution >= 4 is 11.8 Å². The third kappa shape index (κ3) is 7.79. The molecule has 1 aliphatic carbocycles. The minimum Gasteiger partial charge on any atom is -0.481 e. The van der Waals surface area contributed by atoms with Gasteiger partial charge in [-0.1, -0.05) is 44.8 Å². The molecule has 0 aromatic carbocycles. The van der Waals surface area contributed by atoms with E-state index in [1.165, 1.54) is 12.2 Å². The van der Waals surface area contributed by atoms with Crippen LogP contribution in [0.25, 0.3) is 0 Å². The average molecular weight is 370 g/mol. The molecule has 5 nitrogen and oxygen atoms in total. The number of ketones is 1. The number of allylic oxidation sites excluding steroid dienone is 1. The van der Waals surface area contributed by atoms with Crippen molar-refractivity contribution in [1.82, 2.24) is 0 Å². The summed E-state index contributed by atoms with van der Waals surface area (Å²) in [6, 6.07) is 0. The number of aliphatic carboxylic acids is 1. The molecule has 0 heterocycles. The van der Waals surface area contributed by atoms with Gasteiger partial charge in [0.1, 0.15) is 17.7 Å². The van der Waals surface area contributed by atoms with E-state index in [0.29, 0.717) is 19.3 Å². The van der Waals surface area contributed by atoms with Gasteiger partial charge in [0.2, 0.25) is 0 Å². The number of unbranched alkanes of at least 4 members (excludes halogenated alkanes) is 4. The van der Waals surface area contributed by atoms with E-state index in [1.807, 2.05) is 6.92 Å². The fourth-order valence-corrected chi connectivity index (χ4v) is 3.31. The van der Waals surface area contributed by atoms with E-state index < -0.39 is 29.9 Å². The molecular formula is C20H31FO5. The zero-order chi connectivity index (χ0) is 19.5. The monoisotopic (exact) mass is 370 g/mol. The largest absolute Gasteiger partial charge is 0.481 e. The number of aliphatic hydroxyl groups excluding tert-OH is 2. The third-order valence-electron chi connectivity index (χ3n) is 4.81. The molecule has 0 aromatic heterocycles. The Labute approximate surface area is 154 Å². The van der Waals surface area contributed by atoms with Crippen molar-refractivity contribution in [2.24, 2.45) is 11.8 Å². The minimum absolute atomic E-state index is 0.00540. The van der Waals surface area contributed by atoms with Gasteiger partial charge in [-0.15, -0.1) is 0 Å². The van der Waals surface area contributed by atoms with Crippen LogP contribution in [0.5, 0.6) is 0 Å². The highest BCUT2D eigenvalue weighted by atomic mass is 19.1. The second kappa shape index (κ2) is 12.0. The number of carbonyl (C=O) groups is 2. The normalized spacial score (nSPS) is 25.2. The maximum absolute atomic E-state index is 13.7. The summed E-state index contributed by atoms with van der Waals surface area (Å²) in [5, 5.41) is 28.5. The first-order valence-electron chi connectivity index (χ1n) is 9.51. The summed E-state index contributed by atoms with van der Waals surface area (Å²) >= 11 is 0. The number of rotatable bonds is 12. The Morgan fingerprint density at radius 3 is 2.65 bits per heavy atom. The molecule has 148 valence electrons. The van der Waals surface area contributed by atoms with Gasteiger partial charge in [0, 0.05) is 24.7 Å². The zero-order valence-electron chi connectivity index (χ0n) is 15.4. The molecule has 0 saturated heterocycles. The fraction of sp³-hybridized carbons (Fsp3) is 0.700. The van der Waals surface area contributed by atoms with Crippen molar-refractivity contribution in [3.05, 3.63) is 24.1 Å². The first kappa shape index (κ1) is 22.5. The number of aliphatic hydroxyl groups is 2. The Kier molecular flexibility index (Phi) is 10.4. The van der Waals surface area contributed by atoms with Crippen LogP contribution in [0.1, 0.15) is 64.7 Å². The number of carboxylic acid groups (broad SMARTS) is 1. The number of hydrogen-bond donors (Lipinski definition) is 3. The predicted molar refractivity (Wildman–Crippen MR) is 97.2 cm³/mol. The Morgan fingerprint density at radius 1 is 1.31 bits per heavy atom. The SMILES string of the molecule is CCC/C=C(\F)[C@H](O)/C=C/[C@H]1[C@H](O)CC(=O)[C@@H]1CCCCCCC(=O)O.